The van der Waals surface area contributed by atoms with Crippen molar-refractivity contribution in [2.45, 2.75) is 34.2 Å². The molecule has 6 rings (SSSR count). The van der Waals surface area contributed by atoms with E-state index in [1.807, 2.05) is 36.4 Å². The molecule has 2 unspecified atom stereocenters. The average molecular weight is 700 g/mol. The molecule has 0 nitrogen and oxygen atoms in total. The van der Waals surface area contributed by atoms with Crippen LogP contribution in [-0.4, -0.2) is 5.43 Å². The van der Waals surface area contributed by atoms with Crippen LogP contribution in [0.15, 0.2) is 96.1 Å². The molecule has 2 atom stereocenters. The molecule has 0 saturated carbocycles. The van der Waals surface area contributed by atoms with Crippen molar-refractivity contribution < 1.29 is 15.0 Å². The van der Waals surface area contributed by atoms with Crippen molar-refractivity contribution in [3.05, 3.63) is 128 Å². The summed E-state index contributed by atoms with van der Waals surface area (Å²) in [7, 11) is 16.7. The van der Waals surface area contributed by atoms with E-state index in [0.29, 0.717) is 0 Å². The molecule has 6 heteroatoms. The summed E-state index contributed by atoms with van der Waals surface area (Å²) in [5.41, 5.74) is 10.6. The maximum absolute atomic E-state index is 8.33. The zero-order chi connectivity index (χ0) is 28.4. The summed E-state index contributed by atoms with van der Waals surface area (Å²) in [5.74, 6) is 0. The molecule has 0 fully saturated rings. The Kier molecular flexibility index (Phi) is 7.47. The van der Waals surface area contributed by atoms with E-state index in [0.717, 1.165) is 32.3 Å². The van der Waals surface area contributed by atoms with E-state index in [-0.39, 0.29) is 7.25 Å². The molecule has 0 aliphatic heterocycles. The van der Waals surface area contributed by atoms with Gasteiger partial charge in [-0.15, -0.1) is 0 Å². The van der Waals surface area contributed by atoms with Crippen molar-refractivity contribution in [1.29, 1.82) is 0 Å². The van der Waals surface area contributed by atoms with Gasteiger partial charge in [0, 0.05) is 0 Å². The van der Waals surface area contributed by atoms with Gasteiger partial charge < -0.3 is 0 Å². The number of hydrogen-bond acceptors (Lipinski definition) is 0. The molecule has 4 aromatic rings. The molecule has 0 bridgehead atoms. The zero-order valence-corrected chi connectivity index (χ0v) is 29.4. The van der Waals surface area contributed by atoms with Crippen LogP contribution in [0.4, 0.5) is 0 Å². The number of benzene rings is 4. The second-order valence-electron chi connectivity index (χ2n) is 11.4. The van der Waals surface area contributed by atoms with Gasteiger partial charge in [0.2, 0.25) is 0 Å². The minimum absolute atomic E-state index is 0.0226. The number of hydrogen-bond donors (Lipinski definition) is 0. The number of rotatable bonds is 4. The third kappa shape index (κ3) is 4.24. The van der Waals surface area contributed by atoms with E-state index in [1.165, 1.54) is 33.4 Å². The molecule has 0 heterocycles. The van der Waals surface area contributed by atoms with Crippen LogP contribution < -0.4 is 0 Å². The summed E-state index contributed by atoms with van der Waals surface area (Å²) in [6.45, 7) is 9.11. The van der Waals surface area contributed by atoms with Crippen molar-refractivity contribution in [2.75, 3.05) is 0 Å². The predicted molar refractivity (Wildman–Crippen MR) is 176 cm³/mol. The van der Waals surface area contributed by atoms with Gasteiger partial charge in [-0.05, 0) is 0 Å². The molecule has 2 aliphatic carbocycles. The first kappa shape index (κ1) is 28.7. The van der Waals surface area contributed by atoms with E-state index >= 15 is 0 Å². The zero-order valence-electron chi connectivity index (χ0n) is 22.9. The van der Waals surface area contributed by atoms with Gasteiger partial charge in [0.15, 0.2) is 0 Å². The van der Waals surface area contributed by atoms with E-state index in [4.69, 9.17) is 40.2 Å². The van der Waals surface area contributed by atoms with Gasteiger partial charge in [-0.1, -0.05) is 0 Å². The Bertz CT molecular complexity index is 1720. The van der Waals surface area contributed by atoms with E-state index in [1.54, 1.807) is 0 Å². The SMILES string of the molecule is CC1=Cc2c(-c3ccccc3Cl)cccc2[CH]1[Zr]([Cl])([Cl])([CH]1C(C)=Cc2c(-c3ccccc3Cl)cccc21)=[Si](C)C. The topological polar surface area (TPSA) is 0 Å². The molecular formula is C34H30Cl4SiZr. The molecular weight excluding hydrogens is 669 g/mol. The summed E-state index contributed by atoms with van der Waals surface area (Å²) in [5, 5.41) is 1.50. The standard InChI is InChI=1S/2C16H12Cl.C2H6Si.2ClH.Zr/c2*1-11-9-12-5-4-7-13(15(12)10-11)14-6-2-3-8-16(14)17;1-3-2;;;/h2*2-10H,1H3;1-2H3;2*1H;/q;;;;;+2/p-2. The van der Waals surface area contributed by atoms with Crippen LogP contribution in [-0.2, 0) is 15.0 Å². The van der Waals surface area contributed by atoms with Gasteiger partial charge in [0.05, 0.1) is 0 Å². The Morgan fingerprint density at radius 2 is 0.925 bits per heavy atom. The van der Waals surface area contributed by atoms with Crippen LogP contribution in [0.25, 0.3) is 34.4 Å². The number of fused-ring (bicyclic) bond motifs is 2. The van der Waals surface area contributed by atoms with Crippen molar-refractivity contribution in [3.63, 3.8) is 0 Å². The first-order valence-electron chi connectivity index (χ1n) is 13.5. The minimum atomic E-state index is -4.77. The molecule has 40 heavy (non-hydrogen) atoms. The van der Waals surface area contributed by atoms with Gasteiger partial charge in [0.25, 0.3) is 0 Å². The number of halogens is 4. The van der Waals surface area contributed by atoms with Crippen molar-refractivity contribution in [3.8, 4) is 22.3 Å². The van der Waals surface area contributed by atoms with Crippen LogP contribution in [0.1, 0.15) is 43.4 Å². The quantitative estimate of drug-likeness (QED) is 0.186. The third-order valence-corrected chi connectivity index (χ3v) is 56.5. The van der Waals surface area contributed by atoms with Crippen LogP contribution in [0, 0.1) is 0 Å². The molecule has 0 N–H and O–H groups in total. The van der Waals surface area contributed by atoms with E-state index in [9.17, 15) is 0 Å². The molecule has 202 valence electrons. The summed E-state index contributed by atoms with van der Waals surface area (Å²) in [4.78, 5) is 0. The summed E-state index contributed by atoms with van der Waals surface area (Å²) >= 11 is 8.60. The van der Waals surface area contributed by atoms with E-state index < -0.39 is 20.4 Å². The molecule has 4 aromatic carbocycles. The van der Waals surface area contributed by atoms with Gasteiger partial charge in [-0.2, -0.15) is 0 Å². The fourth-order valence-corrected chi connectivity index (χ4v) is 38.0. The van der Waals surface area contributed by atoms with Gasteiger partial charge in [-0.3, -0.25) is 0 Å². The summed E-state index contributed by atoms with van der Waals surface area (Å²) in [6.07, 6.45) is 4.63. The molecule has 0 amide bonds. The summed E-state index contributed by atoms with van der Waals surface area (Å²) < 4.78 is 0.0451. The molecule has 0 spiro atoms. The Morgan fingerprint density at radius 1 is 0.550 bits per heavy atom. The fraction of sp³-hybridized carbons (Fsp3) is 0.176. The van der Waals surface area contributed by atoms with Gasteiger partial charge >= 0.3 is 258 Å². The van der Waals surface area contributed by atoms with Crippen LogP contribution >= 0.6 is 40.2 Å². The van der Waals surface area contributed by atoms with Gasteiger partial charge in [-0.25, -0.2) is 0 Å². The third-order valence-electron chi connectivity index (χ3n) is 8.90. The Balaban J connectivity index is 1.59. The Hall–Kier alpha value is -1.38. The van der Waals surface area contributed by atoms with Crippen molar-refractivity contribution in [2.24, 2.45) is 0 Å². The first-order chi connectivity index (χ1) is 19.0. The summed E-state index contributed by atoms with van der Waals surface area (Å²) in [6, 6.07) is 29.2. The second kappa shape index (κ2) is 10.4. The molecule has 2 aliphatic rings. The number of allylic oxidation sites excluding steroid dienone is 2. The fourth-order valence-electron chi connectivity index (χ4n) is 7.08. The monoisotopic (exact) mass is 696 g/mol. The van der Waals surface area contributed by atoms with Crippen LogP contribution in [0.5, 0.6) is 0 Å². The molecule has 0 saturated heterocycles. The van der Waals surface area contributed by atoms with Crippen molar-refractivity contribution in [1.82, 2.24) is 0 Å². The average Bonchev–Trinajstić information content (AvgIpc) is 3.46. The van der Waals surface area contributed by atoms with Crippen LogP contribution in [0.2, 0.25) is 23.1 Å². The van der Waals surface area contributed by atoms with Crippen molar-refractivity contribution >= 4 is 57.8 Å². The molecule has 0 aromatic heterocycles. The van der Waals surface area contributed by atoms with Gasteiger partial charge in [0.1, 0.15) is 0 Å². The maximum atomic E-state index is 8.33. The van der Waals surface area contributed by atoms with Crippen LogP contribution in [0.3, 0.4) is 0 Å². The van der Waals surface area contributed by atoms with E-state index in [2.05, 4.69) is 87.6 Å². The Morgan fingerprint density at radius 3 is 1.30 bits per heavy atom. The first-order valence-corrected chi connectivity index (χ1v) is 29.6. The normalized spacial score (nSPS) is 18.2. The second-order valence-corrected chi connectivity index (χ2v) is 51.0. The Labute approximate surface area is 255 Å². The predicted octanol–water partition coefficient (Wildman–Crippen LogP) is 12.2. The molecule has 0 radical (unpaired) electrons.